The summed E-state index contributed by atoms with van der Waals surface area (Å²) >= 11 is 0. The molecule has 4 heteroatoms. The molecule has 2 aromatic carbocycles. The number of hydrogen-bond donors (Lipinski definition) is 0. The molecule has 2 heterocycles. The Labute approximate surface area is 149 Å². The fourth-order valence-electron chi connectivity index (χ4n) is 3.79. The van der Waals surface area contributed by atoms with Gasteiger partial charge in [-0.2, -0.15) is 0 Å². The molecule has 4 nitrogen and oxygen atoms in total. The van der Waals surface area contributed by atoms with Crippen molar-refractivity contribution in [3.63, 3.8) is 0 Å². The monoisotopic (exact) mass is 336 g/mol. The summed E-state index contributed by atoms with van der Waals surface area (Å²) in [5.74, 6) is 0.933. The van der Waals surface area contributed by atoms with Crippen LogP contribution in [0.4, 0.5) is 0 Å². The lowest BCUT2D eigenvalue weighted by Gasteiger charge is -2.37. The van der Waals surface area contributed by atoms with Crippen molar-refractivity contribution >= 4 is 5.91 Å². The summed E-state index contributed by atoms with van der Waals surface area (Å²) in [5.41, 5.74) is 1.88. The Balaban J connectivity index is 1.35. The van der Waals surface area contributed by atoms with Crippen molar-refractivity contribution in [2.45, 2.75) is 25.5 Å². The van der Waals surface area contributed by atoms with Crippen molar-refractivity contribution in [2.75, 3.05) is 26.2 Å². The third kappa shape index (κ3) is 3.69. The Kier molecular flexibility index (Phi) is 4.70. The maximum atomic E-state index is 12.7. The highest BCUT2D eigenvalue weighted by Crippen LogP contribution is 2.23. The molecule has 1 atom stereocenters. The molecule has 2 aliphatic heterocycles. The summed E-state index contributed by atoms with van der Waals surface area (Å²) < 4.78 is 5.80. The highest BCUT2D eigenvalue weighted by Gasteiger charge is 2.32. The molecule has 2 aliphatic rings. The predicted molar refractivity (Wildman–Crippen MR) is 97.7 cm³/mol. The summed E-state index contributed by atoms with van der Waals surface area (Å²) in [5, 5.41) is 0. The van der Waals surface area contributed by atoms with Crippen molar-refractivity contribution in [1.29, 1.82) is 0 Å². The number of nitrogens with zero attached hydrogens (tertiary/aromatic N) is 2. The van der Waals surface area contributed by atoms with Crippen molar-refractivity contribution in [2.24, 2.45) is 0 Å². The van der Waals surface area contributed by atoms with Crippen molar-refractivity contribution in [1.82, 2.24) is 9.80 Å². The SMILES string of the molecule is O=C(c1ccc(OCc2ccccc2)cc1)N1CCN2CCCC2C1. The Morgan fingerprint density at radius 2 is 1.80 bits per heavy atom. The largest absolute Gasteiger partial charge is 0.489 e. The van der Waals surface area contributed by atoms with Gasteiger partial charge in [-0.1, -0.05) is 30.3 Å². The molecule has 0 N–H and O–H groups in total. The molecule has 0 bridgehead atoms. The molecule has 2 saturated heterocycles. The van der Waals surface area contributed by atoms with Crippen LogP contribution in [0, 0.1) is 0 Å². The maximum Gasteiger partial charge on any atom is 0.253 e. The van der Waals surface area contributed by atoms with Gasteiger partial charge in [0.05, 0.1) is 0 Å². The fourth-order valence-corrected chi connectivity index (χ4v) is 3.79. The molecule has 0 aromatic heterocycles. The summed E-state index contributed by atoms with van der Waals surface area (Å²) in [7, 11) is 0. The van der Waals surface area contributed by atoms with Crippen LogP contribution in [0.25, 0.3) is 0 Å². The fraction of sp³-hybridized carbons (Fsp3) is 0.381. The molecule has 2 fully saturated rings. The number of amides is 1. The second-order valence-electron chi connectivity index (χ2n) is 6.88. The van der Waals surface area contributed by atoms with E-state index in [9.17, 15) is 4.79 Å². The maximum absolute atomic E-state index is 12.7. The van der Waals surface area contributed by atoms with Gasteiger partial charge in [-0.25, -0.2) is 0 Å². The third-order valence-electron chi connectivity index (χ3n) is 5.22. The molecule has 2 aromatic rings. The first-order valence-corrected chi connectivity index (χ1v) is 9.10. The summed E-state index contributed by atoms with van der Waals surface area (Å²) in [6.07, 6.45) is 2.48. The van der Waals surface area contributed by atoms with E-state index >= 15 is 0 Å². The lowest BCUT2D eigenvalue weighted by molar-refractivity contribution is 0.0571. The summed E-state index contributed by atoms with van der Waals surface area (Å²) in [4.78, 5) is 17.3. The van der Waals surface area contributed by atoms with Crippen molar-refractivity contribution in [3.05, 3.63) is 65.7 Å². The van der Waals surface area contributed by atoms with E-state index in [0.717, 1.165) is 36.5 Å². The van der Waals surface area contributed by atoms with Crippen LogP contribution in [0.15, 0.2) is 54.6 Å². The van der Waals surface area contributed by atoms with Crippen LogP contribution >= 0.6 is 0 Å². The number of carbonyl (C=O) groups excluding carboxylic acids is 1. The van der Waals surface area contributed by atoms with Crippen LogP contribution in [-0.4, -0.2) is 47.9 Å². The smallest absolute Gasteiger partial charge is 0.253 e. The van der Waals surface area contributed by atoms with E-state index in [-0.39, 0.29) is 5.91 Å². The second-order valence-corrected chi connectivity index (χ2v) is 6.88. The summed E-state index contributed by atoms with van der Waals surface area (Å²) in [6, 6.07) is 18.2. The normalized spacial score (nSPS) is 20.3. The van der Waals surface area contributed by atoms with Crippen LogP contribution in [0.5, 0.6) is 5.75 Å². The molecule has 0 aliphatic carbocycles. The highest BCUT2D eigenvalue weighted by atomic mass is 16.5. The van der Waals surface area contributed by atoms with Gasteiger partial charge in [0, 0.05) is 31.2 Å². The summed E-state index contributed by atoms with van der Waals surface area (Å²) in [6.45, 7) is 4.44. The van der Waals surface area contributed by atoms with Gasteiger partial charge in [0.25, 0.3) is 5.91 Å². The number of piperazine rings is 1. The zero-order valence-corrected chi connectivity index (χ0v) is 14.4. The van der Waals surface area contributed by atoms with Crippen LogP contribution in [0.2, 0.25) is 0 Å². The zero-order chi connectivity index (χ0) is 17.1. The lowest BCUT2D eigenvalue weighted by Crippen LogP contribution is -2.52. The Bertz CT molecular complexity index is 714. The number of hydrogen-bond acceptors (Lipinski definition) is 3. The van der Waals surface area contributed by atoms with E-state index in [1.54, 1.807) is 0 Å². The third-order valence-corrected chi connectivity index (χ3v) is 5.22. The average Bonchev–Trinajstić information content (AvgIpc) is 3.15. The van der Waals surface area contributed by atoms with Crippen LogP contribution < -0.4 is 4.74 Å². The Morgan fingerprint density at radius 1 is 1.00 bits per heavy atom. The minimum Gasteiger partial charge on any atom is -0.489 e. The van der Waals surface area contributed by atoms with Gasteiger partial charge in [0.15, 0.2) is 0 Å². The van der Waals surface area contributed by atoms with Gasteiger partial charge < -0.3 is 9.64 Å². The second kappa shape index (κ2) is 7.28. The number of fused-ring (bicyclic) bond motifs is 1. The van der Waals surface area contributed by atoms with Crippen molar-refractivity contribution in [3.8, 4) is 5.75 Å². The van der Waals surface area contributed by atoms with E-state index in [1.165, 1.54) is 19.4 Å². The first kappa shape index (κ1) is 16.2. The lowest BCUT2D eigenvalue weighted by atomic mass is 10.1. The van der Waals surface area contributed by atoms with Gasteiger partial charge in [0.2, 0.25) is 0 Å². The van der Waals surface area contributed by atoms with E-state index < -0.39 is 0 Å². The molecular weight excluding hydrogens is 312 g/mol. The topological polar surface area (TPSA) is 32.8 Å². The number of ether oxygens (including phenoxy) is 1. The van der Waals surface area contributed by atoms with E-state index in [1.807, 2.05) is 59.5 Å². The van der Waals surface area contributed by atoms with Crippen LogP contribution in [-0.2, 0) is 6.61 Å². The van der Waals surface area contributed by atoms with E-state index in [2.05, 4.69) is 4.90 Å². The quantitative estimate of drug-likeness (QED) is 0.860. The average molecular weight is 336 g/mol. The Morgan fingerprint density at radius 3 is 2.60 bits per heavy atom. The molecule has 0 radical (unpaired) electrons. The first-order chi connectivity index (χ1) is 12.3. The number of benzene rings is 2. The van der Waals surface area contributed by atoms with Gasteiger partial charge in [0.1, 0.15) is 12.4 Å². The molecule has 0 spiro atoms. The van der Waals surface area contributed by atoms with E-state index in [4.69, 9.17) is 4.74 Å². The zero-order valence-electron chi connectivity index (χ0n) is 14.4. The molecule has 1 amide bonds. The van der Waals surface area contributed by atoms with E-state index in [0.29, 0.717) is 12.6 Å². The molecule has 25 heavy (non-hydrogen) atoms. The highest BCUT2D eigenvalue weighted by molar-refractivity contribution is 5.94. The van der Waals surface area contributed by atoms with Gasteiger partial charge in [-0.05, 0) is 49.2 Å². The molecule has 1 unspecified atom stereocenters. The van der Waals surface area contributed by atoms with Crippen LogP contribution in [0.3, 0.4) is 0 Å². The van der Waals surface area contributed by atoms with Crippen LogP contribution in [0.1, 0.15) is 28.8 Å². The standard InChI is InChI=1S/C21H24N2O2/c24-21(23-14-13-22-12-4-7-19(22)15-23)18-8-10-20(11-9-18)25-16-17-5-2-1-3-6-17/h1-3,5-6,8-11,19H,4,7,12-16H2. The van der Waals surface area contributed by atoms with Gasteiger partial charge in [-0.3, -0.25) is 9.69 Å². The molecule has 0 saturated carbocycles. The number of rotatable bonds is 4. The van der Waals surface area contributed by atoms with Gasteiger partial charge in [-0.15, -0.1) is 0 Å². The molecule has 130 valence electrons. The van der Waals surface area contributed by atoms with Crippen molar-refractivity contribution < 1.29 is 9.53 Å². The first-order valence-electron chi connectivity index (χ1n) is 9.10. The van der Waals surface area contributed by atoms with Gasteiger partial charge >= 0.3 is 0 Å². The predicted octanol–water partition coefficient (Wildman–Crippen LogP) is 3.19. The minimum atomic E-state index is 0.140. The molecular formula is C21H24N2O2. The number of carbonyl (C=O) groups is 1. The molecule has 4 rings (SSSR count). The Hall–Kier alpha value is -2.33. The minimum absolute atomic E-state index is 0.140.